The Morgan fingerprint density at radius 3 is 2.85 bits per heavy atom. The van der Waals surface area contributed by atoms with Crippen molar-refractivity contribution in [2.24, 2.45) is 5.92 Å². The van der Waals surface area contributed by atoms with Crippen LogP contribution in [0.5, 0.6) is 5.75 Å². The lowest BCUT2D eigenvalue weighted by Crippen LogP contribution is -2.28. The van der Waals surface area contributed by atoms with Crippen LogP contribution in [0.4, 0.5) is 5.69 Å². The van der Waals surface area contributed by atoms with Gasteiger partial charge in [0.05, 0.1) is 11.8 Å². The average Bonchev–Trinajstić information content (AvgIpc) is 3.14. The largest absolute Gasteiger partial charge is 0.489 e. The van der Waals surface area contributed by atoms with Crippen molar-refractivity contribution in [1.29, 1.82) is 0 Å². The smallest absolute Gasteiger partial charge is 0.224 e. The van der Waals surface area contributed by atoms with Crippen LogP contribution >= 0.6 is 24.0 Å². The zero-order chi connectivity index (χ0) is 17.5. The fraction of sp³-hybridized carbons (Fsp3) is 0.632. The molecule has 7 heteroatoms. The molecule has 0 radical (unpaired) electrons. The summed E-state index contributed by atoms with van der Waals surface area (Å²) >= 11 is 6.09. The van der Waals surface area contributed by atoms with Gasteiger partial charge in [-0.05, 0) is 69.3 Å². The van der Waals surface area contributed by atoms with Crippen LogP contribution in [0, 0.1) is 5.92 Å². The summed E-state index contributed by atoms with van der Waals surface area (Å²) in [7, 11) is 0. The number of nitrogens with one attached hydrogen (secondary N) is 2. The SMILES string of the molecule is Cl.O=C(CCC1CCNCC1)Nc1cc(Cl)ccc1OCC1CCCO1. The summed E-state index contributed by atoms with van der Waals surface area (Å²) in [4.78, 5) is 12.3. The predicted molar refractivity (Wildman–Crippen MR) is 107 cm³/mol. The number of piperidine rings is 1. The van der Waals surface area contributed by atoms with Crippen molar-refractivity contribution in [2.75, 3.05) is 31.6 Å². The number of rotatable bonds is 7. The van der Waals surface area contributed by atoms with Gasteiger partial charge in [-0.25, -0.2) is 0 Å². The minimum absolute atomic E-state index is 0. The molecule has 1 unspecified atom stereocenters. The van der Waals surface area contributed by atoms with Crippen LogP contribution in [0.1, 0.15) is 38.5 Å². The van der Waals surface area contributed by atoms with E-state index in [-0.39, 0.29) is 24.4 Å². The molecule has 3 rings (SSSR count). The van der Waals surface area contributed by atoms with Crippen molar-refractivity contribution in [2.45, 2.75) is 44.6 Å². The van der Waals surface area contributed by atoms with Gasteiger partial charge in [-0.3, -0.25) is 4.79 Å². The average molecular weight is 403 g/mol. The van der Waals surface area contributed by atoms with E-state index in [0.29, 0.717) is 35.4 Å². The molecule has 2 N–H and O–H groups in total. The third kappa shape index (κ3) is 6.62. The molecule has 0 spiro atoms. The van der Waals surface area contributed by atoms with Crippen LogP contribution in [0.2, 0.25) is 5.02 Å². The van der Waals surface area contributed by atoms with Gasteiger partial charge in [0, 0.05) is 18.1 Å². The Hall–Kier alpha value is -1.01. The van der Waals surface area contributed by atoms with Crippen molar-refractivity contribution in [3.8, 4) is 5.75 Å². The van der Waals surface area contributed by atoms with E-state index in [1.807, 2.05) is 0 Å². The molecule has 2 aliphatic heterocycles. The van der Waals surface area contributed by atoms with Gasteiger partial charge in [0.25, 0.3) is 0 Å². The highest BCUT2D eigenvalue weighted by Crippen LogP contribution is 2.29. The minimum Gasteiger partial charge on any atom is -0.489 e. The molecule has 1 amide bonds. The van der Waals surface area contributed by atoms with Crippen molar-refractivity contribution in [1.82, 2.24) is 5.32 Å². The monoisotopic (exact) mass is 402 g/mol. The van der Waals surface area contributed by atoms with Gasteiger partial charge >= 0.3 is 0 Å². The maximum atomic E-state index is 12.3. The molecule has 0 aliphatic carbocycles. The van der Waals surface area contributed by atoms with Crippen LogP contribution in [0.3, 0.4) is 0 Å². The summed E-state index contributed by atoms with van der Waals surface area (Å²) in [5.74, 6) is 1.31. The van der Waals surface area contributed by atoms with Gasteiger partial charge in [0.2, 0.25) is 5.91 Å². The molecular formula is C19H28Cl2N2O3. The van der Waals surface area contributed by atoms with Crippen molar-refractivity contribution >= 4 is 35.6 Å². The first-order valence-corrected chi connectivity index (χ1v) is 9.63. The minimum atomic E-state index is 0. The number of carbonyl (C=O) groups excluding carboxylic acids is 1. The van der Waals surface area contributed by atoms with E-state index in [1.54, 1.807) is 18.2 Å². The molecule has 2 fully saturated rings. The Morgan fingerprint density at radius 1 is 1.31 bits per heavy atom. The first-order chi connectivity index (χ1) is 12.2. The van der Waals surface area contributed by atoms with Crippen molar-refractivity contribution < 1.29 is 14.3 Å². The molecule has 26 heavy (non-hydrogen) atoms. The lowest BCUT2D eigenvalue weighted by Gasteiger charge is -2.22. The lowest BCUT2D eigenvalue weighted by atomic mass is 9.93. The predicted octanol–water partition coefficient (Wildman–Crippen LogP) is 4.04. The van der Waals surface area contributed by atoms with Gasteiger partial charge in [-0.1, -0.05) is 11.6 Å². The second kappa shape index (κ2) is 11.0. The summed E-state index contributed by atoms with van der Waals surface area (Å²) < 4.78 is 11.4. The van der Waals surface area contributed by atoms with Gasteiger partial charge in [-0.15, -0.1) is 12.4 Å². The van der Waals surface area contributed by atoms with Crippen LogP contribution in [-0.2, 0) is 9.53 Å². The lowest BCUT2D eigenvalue weighted by molar-refractivity contribution is -0.116. The number of carbonyl (C=O) groups is 1. The Kier molecular flexibility index (Phi) is 8.99. The normalized spacial score (nSPS) is 20.4. The number of amides is 1. The van der Waals surface area contributed by atoms with E-state index in [2.05, 4.69) is 10.6 Å². The number of halogens is 2. The van der Waals surface area contributed by atoms with Gasteiger partial charge in [-0.2, -0.15) is 0 Å². The highest BCUT2D eigenvalue weighted by molar-refractivity contribution is 6.31. The maximum absolute atomic E-state index is 12.3. The number of anilines is 1. The molecule has 1 atom stereocenters. The van der Waals surface area contributed by atoms with E-state index < -0.39 is 0 Å². The van der Waals surface area contributed by atoms with Crippen LogP contribution < -0.4 is 15.4 Å². The highest BCUT2D eigenvalue weighted by Gasteiger charge is 2.18. The molecule has 0 aromatic heterocycles. The Bertz CT molecular complexity index is 574. The highest BCUT2D eigenvalue weighted by atomic mass is 35.5. The summed E-state index contributed by atoms with van der Waals surface area (Å²) in [6, 6.07) is 5.33. The van der Waals surface area contributed by atoms with Gasteiger partial charge in [0.15, 0.2) is 0 Å². The zero-order valence-electron chi connectivity index (χ0n) is 15.0. The summed E-state index contributed by atoms with van der Waals surface area (Å²) in [6.07, 6.45) is 6.00. The van der Waals surface area contributed by atoms with Gasteiger partial charge < -0.3 is 20.1 Å². The molecule has 1 aromatic carbocycles. The quantitative estimate of drug-likeness (QED) is 0.722. The van der Waals surface area contributed by atoms with E-state index in [1.165, 1.54) is 0 Å². The second-order valence-corrected chi connectivity index (χ2v) is 7.30. The number of hydrogen-bond acceptors (Lipinski definition) is 4. The Labute approximate surface area is 166 Å². The first kappa shape index (κ1) is 21.3. The Morgan fingerprint density at radius 2 is 2.12 bits per heavy atom. The molecule has 2 heterocycles. The third-order valence-electron chi connectivity index (χ3n) is 4.90. The van der Waals surface area contributed by atoms with E-state index >= 15 is 0 Å². The summed E-state index contributed by atoms with van der Waals surface area (Å²) in [5, 5.41) is 6.89. The fourth-order valence-electron chi connectivity index (χ4n) is 3.40. The molecule has 5 nitrogen and oxygen atoms in total. The van der Waals surface area contributed by atoms with Crippen molar-refractivity contribution in [3.63, 3.8) is 0 Å². The first-order valence-electron chi connectivity index (χ1n) is 9.25. The van der Waals surface area contributed by atoms with Crippen molar-refractivity contribution in [3.05, 3.63) is 23.2 Å². The second-order valence-electron chi connectivity index (χ2n) is 6.87. The fourth-order valence-corrected chi connectivity index (χ4v) is 3.57. The number of ether oxygens (including phenoxy) is 2. The van der Waals surface area contributed by atoms with Crippen LogP contribution in [0.15, 0.2) is 18.2 Å². The number of hydrogen-bond donors (Lipinski definition) is 2. The van der Waals surface area contributed by atoms with E-state index in [0.717, 1.165) is 51.8 Å². The molecule has 146 valence electrons. The molecule has 1 aromatic rings. The third-order valence-corrected chi connectivity index (χ3v) is 5.14. The van der Waals surface area contributed by atoms with E-state index in [4.69, 9.17) is 21.1 Å². The molecule has 2 saturated heterocycles. The van der Waals surface area contributed by atoms with Crippen LogP contribution in [-0.4, -0.2) is 38.3 Å². The molecular weight excluding hydrogens is 375 g/mol. The number of benzene rings is 1. The van der Waals surface area contributed by atoms with E-state index in [9.17, 15) is 4.79 Å². The van der Waals surface area contributed by atoms with Gasteiger partial charge in [0.1, 0.15) is 12.4 Å². The maximum Gasteiger partial charge on any atom is 0.224 e. The molecule has 0 bridgehead atoms. The summed E-state index contributed by atoms with van der Waals surface area (Å²) in [6.45, 7) is 3.41. The molecule has 2 aliphatic rings. The standard InChI is InChI=1S/C19H27ClN2O3.ClH/c20-15-4-5-18(25-13-16-2-1-11-24-16)17(12-15)22-19(23)6-3-14-7-9-21-10-8-14;/h4-5,12,14,16,21H,1-3,6-11,13H2,(H,22,23);1H. The van der Waals surface area contributed by atoms with Crippen LogP contribution in [0.25, 0.3) is 0 Å². The molecule has 0 saturated carbocycles. The topological polar surface area (TPSA) is 59.6 Å². The Balaban J connectivity index is 0.00000243. The zero-order valence-corrected chi connectivity index (χ0v) is 16.5. The summed E-state index contributed by atoms with van der Waals surface area (Å²) in [5.41, 5.74) is 0.640.